The fourth-order valence-electron chi connectivity index (χ4n) is 2.81. The van der Waals surface area contributed by atoms with Crippen molar-refractivity contribution < 1.29 is 19.1 Å². The summed E-state index contributed by atoms with van der Waals surface area (Å²) in [5.74, 6) is 0.716. The van der Waals surface area contributed by atoms with Gasteiger partial charge in [-0.1, -0.05) is 36.0 Å². The number of benzene rings is 3. The second kappa shape index (κ2) is 7.74. The summed E-state index contributed by atoms with van der Waals surface area (Å²) < 4.78 is 10.5. The van der Waals surface area contributed by atoms with Gasteiger partial charge in [-0.3, -0.25) is 4.79 Å². The Morgan fingerprint density at radius 3 is 2.25 bits per heavy atom. The predicted molar refractivity (Wildman–Crippen MR) is 109 cm³/mol. The van der Waals surface area contributed by atoms with Gasteiger partial charge >= 0.3 is 5.97 Å². The first-order chi connectivity index (χ1) is 13.6. The van der Waals surface area contributed by atoms with Crippen LogP contribution in [0.3, 0.4) is 0 Å². The zero-order valence-electron chi connectivity index (χ0n) is 15.0. The van der Waals surface area contributed by atoms with Crippen LogP contribution in [0.4, 0.5) is 0 Å². The normalized spacial score (nSPS) is 14.0. The van der Waals surface area contributed by atoms with Gasteiger partial charge in [0.05, 0.1) is 17.6 Å². The standard InChI is InChI=1S/C23H16O4S/c1-26-17-12-8-16(9-13-17)23(25)27-18-10-6-15(7-11-18)14-21-22(24)19-4-2-3-5-20(19)28-21/h2-14H,1H3/b21-14-. The van der Waals surface area contributed by atoms with Crippen LogP contribution in [0.15, 0.2) is 82.6 Å². The van der Waals surface area contributed by atoms with E-state index in [0.717, 1.165) is 16.0 Å². The van der Waals surface area contributed by atoms with Gasteiger partial charge in [-0.25, -0.2) is 4.79 Å². The fraction of sp³-hybridized carbons (Fsp3) is 0.0435. The van der Waals surface area contributed by atoms with Crippen LogP contribution in [0, 0.1) is 0 Å². The summed E-state index contributed by atoms with van der Waals surface area (Å²) in [5, 5.41) is 0. The molecule has 4 nitrogen and oxygen atoms in total. The third kappa shape index (κ3) is 3.70. The number of carbonyl (C=O) groups excluding carboxylic acids is 2. The van der Waals surface area contributed by atoms with Crippen molar-refractivity contribution in [3.63, 3.8) is 0 Å². The molecule has 0 saturated carbocycles. The molecule has 0 aliphatic carbocycles. The highest BCUT2D eigenvalue weighted by Crippen LogP contribution is 2.40. The number of hydrogen-bond donors (Lipinski definition) is 0. The predicted octanol–water partition coefficient (Wildman–Crippen LogP) is 5.24. The second-order valence-electron chi connectivity index (χ2n) is 6.12. The Morgan fingerprint density at radius 2 is 1.57 bits per heavy atom. The largest absolute Gasteiger partial charge is 0.497 e. The molecule has 0 bridgehead atoms. The quantitative estimate of drug-likeness (QED) is 0.347. The zero-order valence-corrected chi connectivity index (χ0v) is 15.9. The molecule has 0 aromatic heterocycles. The first kappa shape index (κ1) is 18.1. The monoisotopic (exact) mass is 388 g/mol. The summed E-state index contributed by atoms with van der Waals surface area (Å²) in [6, 6.07) is 21.4. The lowest BCUT2D eigenvalue weighted by molar-refractivity contribution is 0.0734. The summed E-state index contributed by atoms with van der Waals surface area (Å²) in [6.45, 7) is 0. The minimum Gasteiger partial charge on any atom is -0.497 e. The minimum absolute atomic E-state index is 0.0376. The summed E-state index contributed by atoms with van der Waals surface area (Å²) in [7, 11) is 1.57. The topological polar surface area (TPSA) is 52.6 Å². The number of methoxy groups -OCH3 is 1. The van der Waals surface area contributed by atoms with Crippen LogP contribution in [0.1, 0.15) is 26.3 Å². The molecule has 3 aromatic rings. The van der Waals surface area contributed by atoms with Crippen molar-refractivity contribution in [2.75, 3.05) is 7.11 Å². The minimum atomic E-state index is -0.439. The number of hydrogen-bond acceptors (Lipinski definition) is 5. The van der Waals surface area contributed by atoms with Crippen LogP contribution in [-0.2, 0) is 0 Å². The van der Waals surface area contributed by atoms with Crippen LogP contribution in [-0.4, -0.2) is 18.9 Å². The van der Waals surface area contributed by atoms with E-state index >= 15 is 0 Å². The van der Waals surface area contributed by atoms with Crippen molar-refractivity contribution in [3.05, 3.63) is 94.4 Å². The zero-order chi connectivity index (χ0) is 19.5. The van der Waals surface area contributed by atoms with Crippen LogP contribution in [0.25, 0.3) is 6.08 Å². The van der Waals surface area contributed by atoms with Crippen molar-refractivity contribution in [2.45, 2.75) is 4.90 Å². The highest BCUT2D eigenvalue weighted by molar-refractivity contribution is 8.04. The number of thioether (sulfide) groups is 1. The lowest BCUT2D eigenvalue weighted by atomic mass is 10.1. The van der Waals surface area contributed by atoms with Gasteiger partial charge in [-0.05, 0) is 60.2 Å². The highest BCUT2D eigenvalue weighted by atomic mass is 32.2. The van der Waals surface area contributed by atoms with Crippen LogP contribution >= 0.6 is 11.8 Å². The Kier molecular flexibility index (Phi) is 5.00. The van der Waals surface area contributed by atoms with Crippen molar-refractivity contribution in [1.29, 1.82) is 0 Å². The highest BCUT2D eigenvalue weighted by Gasteiger charge is 2.25. The fourth-order valence-corrected chi connectivity index (χ4v) is 3.86. The molecule has 0 fully saturated rings. The van der Waals surface area contributed by atoms with E-state index < -0.39 is 5.97 Å². The Bertz CT molecular complexity index is 1070. The first-order valence-electron chi connectivity index (χ1n) is 8.63. The van der Waals surface area contributed by atoms with Crippen LogP contribution < -0.4 is 9.47 Å². The lowest BCUT2D eigenvalue weighted by Gasteiger charge is -2.06. The van der Waals surface area contributed by atoms with Gasteiger partial charge in [0.1, 0.15) is 11.5 Å². The smallest absolute Gasteiger partial charge is 0.343 e. The van der Waals surface area contributed by atoms with Gasteiger partial charge in [0.15, 0.2) is 0 Å². The van der Waals surface area contributed by atoms with E-state index in [4.69, 9.17) is 9.47 Å². The van der Waals surface area contributed by atoms with Gasteiger partial charge in [0.25, 0.3) is 0 Å². The van der Waals surface area contributed by atoms with Crippen LogP contribution in [0.2, 0.25) is 0 Å². The molecule has 28 heavy (non-hydrogen) atoms. The van der Waals surface area contributed by atoms with Gasteiger partial charge in [0, 0.05) is 10.5 Å². The van der Waals surface area contributed by atoms with E-state index in [9.17, 15) is 9.59 Å². The Hall–Kier alpha value is -3.31. The van der Waals surface area contributed by atoms with Gasteiger partial charge < -0.3 is 9.47 Å². The molecule has 1 aliphatic rings. The molecule has 1 heterocycles. The number of allylic oxidation sites excluding steroid dienone is 1. The lowest BCUT2D eigenvalue weighted by Crippen LogP contribution is -2.08. The third-order valence-corrected chi connectivity index (χ3v) is 5.39. The van der Waals surface area contributed by atoms with E-state index in [1.54, 1.807) is 43.5 Å². The maximum absolute atomic E-state index is 12.4. The van der Waals surface area contributed by atoms with Gasteiger partial charge in [-0.2, -0.15) is 0 Å². The average Bonchev–Trinajstić information content (AvgIpc) is 3.05. The molecule has 4 rings (SSSR count). The number of carbonyl (C=O) groups is 2. The molecule has 0 N–H and O–H groups in total. The number of rotatable bonds is 4. The van der Waals surface area contributed by atoms with Crippen molar-refractivity contribution in [2.24, 2.45) is 0 Å². The molecule has 0 amide bonds. The molecular weight excluding hydrogens is 372 g/mol. The summed E-state index contributed by atoms with van der Waals surface area (Å²) >= 11 is 1.47. The number of ether oxygens (including phenoxy) is 2. The molecule has 0 radical (unpaired) electrons. The molecule has 3 aromatic carbocycles. The SMILES string of the molecule is COc1ccc(C(=O)Oc2ccc(/C=C3\Sc4ccccc4C3=O)cc2)cc1. The summed E-state index contributed by atoms with van der Waals surface area (Å²) in [5.41, 5.74) is 2.05. The molecule has 0 atom stereocenters. The van der Waals surface area contributed by atoms with E-state index in [-0.39, 0.29) is 5.78 Å². The second-order valence-corrected chi connectivity index (χ2v) is 7.21. The maximum atomic E-state index is 12.4. The molecule has 0 unspecified atom stereocenters. The molecular formula is C23H16O4S. The Morgan fingerprint density at radius 1 is 0.893 bits per heavy atom. The third-order valence-electron chi connectivity index (χ3n) is 4.29. The molecule has 0 spiro atoms. The van der Waals surface area contributed by atoms with E-state index in [1.807, 2.05) is 42.5 Å². The van der Waals surface area contributed by atoms with Gasteiger partial charge in [-0.15, -0.1) is 0 Å². The van der Waals surface area contributed by atoms with E-state index in [2.05, 4.69) is 0 Å². The number of fused-ring (bicyclic) bond motifs is 1. The Labute approximate surface area is 166 Å². The summed E-state index contributed by atoms with van der Waals surface area (Å²) in [6.07, 6.45) is 1.85. The Balaban J connectivity index is 1.46. The summed E-state index contributed by atoms with van der Waals surface area (Å²) in [4.78, 5) is 26.3. The molecule has 138 valence electrons. The van der Waals surface area contributed by atoms with Crippen LogP contribution in [0.5, 0.6) is 11.5 Å². The maximum Gasteiger partial charge on any atom is 0.343 e. The van der Waals surface area contributed by atoms with Crippen molar-refractivity contribution in [3.8, 4) is 11.5 Å². The number of esters is 1. The van der Waals surface area contributed by atoms with Crippen molar-refractivity contribution >= 4 is 29.6 Å². The van der Waals surface area contributed by atoms with E-state index in [1.165, 1.54) is 11.8 Å². The van der Waals surface area contributed by atoms with E-state index in [0.29, 0.717) is 22.0 Å². The molecule has 1 aliphatic heterocycles. The molecule has 0 saturated heterocycles. The molecule has 5 heteroatoms. The number of ketones is 1. The number of Topliss-reactive ketones (excluding diaryl/α,β-unsaturated/α-hetero) is 1. The average molecular weight is 388 g/mol. The first-order valence-corrected chi connectivity index (χ1v) is 9.45. The van der Waals surface area contributed by atoms with Gasteiger partial charge in [0.2, 0.25) is 5.78 Å². The van der Waals surface area contributed by atoms with Crippen molar-refractivity contribution in [1.82, 2.24) is 0 Å².